The Labute approximate surface area is 136 Å². The molecule has 0 atom stereocenters. The lowest BCUT2D eigenvalue weighted by atomic mass is 10.2. The minimum Gasteiger partial charge on any atom is -0.354 e. The molecule has 1 aromatic carbocycles. The van der Waals surface area contributed by atoms with Crippen LogP contribution in [-0.4, -0.2) is 16.5 Å². The number of aryl methyl sites for hydroxylation is 1. The maximum Gasteiger partial charge on any atom is 0.224 e. The van der Waals surface area contributed by atoms with Crippen molar-refractivity contribution in [1.82, 2.24) is 9.97 Å². The molecule has 0 aliphatic heterocycles. The lowest BCUT2D eigenvalue weighted by Crippen LogP contribution is -2.04. The van der Waals surface area contributed by atoms with Gasteiger partial charge in [0.1, 0.15) is 5.02 Å². The second-order valence-electron chi connectivity index (χ2n) is 4.13. The summed E-state index contributed by atoms with van der Waals surface area (Å²) in [4.78, 5) is 8.41. The first-order chi connectivity index (χ1) is 9.51. The van der Waals surface area contributed by atoms with E-state index in [2.05, 4.69) is 36.5 Å². The van der Waals surface area contributed by atoms with Gasteiger partial charge in [-0.2, -0.15) is 4.98 Å². The molecule has 1 aromatic heterocycles. The normalized spacial score (nSPS) is 10.4. The molecule has 0 spiro atoms. The van der Waals surface area contributed by atoms with Crippen molar-refractivity contribution in [2.75, 3.05) is 17.2 Å². The van der Waals surface area contributed by atoms with Gasteiger partial charge >= 0.3 is 0 Å². The standard InChI is InChI=1S/C13H13BrCl2N4/c1-3-17-13-18-6-10(16)12(20-13)19-11-5-9(15)7(2)4-8(11)14/h4-6H,3H2,1-2H3,(H2,17,18,19,20). The van der Waals surface area contributed by atoms with E-state index in [-0.39, 0.29) is 0 Å². The predicted molar refractivity (Wildman–Crippen MR) is 88.4 cm³/mol. The average Bonchev–Trinajstić information content (AvgIpc) is 2.40. The van der Waals surface area contributed by atoms with Crippen LogP contribution in [0.25, 0.3) is 0 Å². The van der Waals surface area contributed by atoms with Crippen molar-refractivity contribution >= 4 is 56.6 Å². The van der Waals surface area contributed by atoms with Crippen LogP contribution in [0.2, 0.25) is 10.0 Å². The number of nitrogens with zero attached hydrogens (tertiary/aromatic N) is 2. The molecule has 106 valence electrons. The van der Waals surface area contributed by atoms with Gasteiger partial charge in [-0.25, -0.2) is 4.98 Å². The Morgan fingerprint density at radius 2 is 2.00 bits per heavy atom. The highest BCUT2D eigenvalue weighted by atomic mass is 79.9. The SMILES string of the molecule is CCNc1ncc(Cl)c(Nc2cc(Cl)c(C)cc2Br)n1. The van der Waals surface area contributed by atoms with Crippen LogP contribution in [-0.2, 0) is 0 Å². The summed E-state index contributed by atoms with van der Waals surface area (Å²) in [5, 5.41) is 7.30. The smallest absolute Gasteiger partial charge is 0.224 e. The first-order valence-electron chi connectivity index (χ1n) is 6.00. The summed E-state index contributed by atoms with van der Waals surface area (Å²) in [7, 11) is 0. The third-order valence-electron chi connectivity index (χ3n) is 2.58. The van der Waals surface area contributed by atoms with E-state index in [0.29, 0.717) is 21.8 Å². The van der Waals surface area contributed by atoms with Gasteiger partial charge in [-0.3, -0.25) is 0 Å². The zero-order valence-corrected chi connectivity index (χ0v) is 14.1. The van der Waals surface area contributed by atoms with Crippen LogP contribution in [0, 0.1) is 6.92 Å². The first-order valence-corrected chi connectivity index (χ1v) is 7.55. The van der Waals surface area contributed by atoms with Gasteiger partial charge in [-0.05, 0) is 47.5 Å². The Kier molecular flexibility index (Phi) is 5.07. The van der Waals surface area contributed by atoms with Crippen molar-refractivity contribution in [3.8, 4) is 0 Å². The van der Waals surface area contributed by atoms with Crippen LogP contribution in [0.15, 0.2) is 22.8 Å². The first kappa shape index (κ1) is 15.4. The maximum absolute atomic E-state index is 6.13. The molecule has 0 bridgehead atoms. The van der Waals surface area contributed by atoms with Gasteiger partial charge < -0.3 is 10.6 Å². The van der Waals surface area contributed by atoms with Crippen LogP contribution in [0.4, 0.5) is 17.5 Å². The lowest BCUT2D eigenvalue weighted by Gasteiger charge is -2.12. The molecule has 0 aliphatic rings. The second kappa shape index (κ2) is 6.61. The van der Waals surface area contributed by atoms with Crippen LogP contribution < -0.4 is 10.6 Å². The fraction of sp³-hybridized carbons (Fsp3) is 0.231. The zero-order valence-electron chi connectivity index (χ0n) is 11.0. The summed E-state index contributed by atoms with van der Waals surface area (Å²) in [6.07, 6.45) is 1.55. The molecule has 0 aliphatic carbocycles. The molecule has 20 heavy (non-hydrogen) atoms. The van der Waals surface area contributed by atoms with E-state index in [1.807, 2.05) is 26.0 Å². The fourth-order valence-corrected chi connectivity index (χ4v) is 2.43. The number of halogens is 3. The van der Waals surface area contributed by atoms with Gasteiger partial charge in [0.15, 0.2) is 5.82 Å². The van der Waals surface area contributed by atoms with Crippen molar-refractivity contribution in [3.63, 3.8) is 0 Å². The fourth-order valence-electron chi connectivity index (χ4n) is 1.57. The van der Waals surface area contributed by atoms with E-state index in [4.69, 9.17) is 23.2 Å². The van der Waals surface area contributed by atoms with Crippen LogP contribution >= 0.6 is 39.1 Å². The number of anilines is 3. The average molecular weight is 376 g/mol. The quantitative estimate of drug-likeness (QED) is 0.786. The highest BCUT2D eigenvalue weighted by molar-refractivity contribution is 9.10. The van der Waals surface area contributed by atoms with Crippen LogP contribution in [0.5, 0.6) is 0 Å². The van der Waals surface area contributed by atoms with Crippen LogP contribution in [0.1, 0.15) is 12.5 Å². The molecule has 4 nitrogen and oxygen atoms in total. The number of nitrogens with one attached hydrogen (secondary N) is 2. The highest BCUT2D eigenvalue weighted by Crippen LogP contribution is 2.32. The number of hydrogen-bond donors (Lipinski definition) is 2. The van der Waals surface area contributed by atoms with E-state index in [0.717, 1.165) is 22.3 Å². The second-order valence-corrected chi connectivity index (χ2v) is 5.80. The number of benzene rings is 1. The van der Waals surface area contributed by atoms with Gasteiger partial charge in [-0.1, -0.05) is 23.2 Å². The molecule has 0 fully saturated rings. The van der Waals surface area contributed by atoms with E-state index < -0.39 is 0 Å². The van der Waals surface area contributed by atoms with Crippen LogP contribution in [0.3, 0.4) is 0 Å². The van der Waals surface area contributed by atoms with Gasteiger partial charge in [0.05, 0.1) is 11.9 Å². The minimum atomic E-state index is 0.440. The minimum absolute atomic E-state index is 0.440. The molecular weight excluding hydrogens is 363 g/mol. The van der Waals surface area contributed by atoms with Gasteiger partial charge in [0, 0.05) is 16.0 Å². The van der Waals surface area contributed by atoms with Crippen molar-refractivity contribution in [3.05, 3.63) is 38.4 Å². The monoisotopic (exact) mass is 374 g/mol. The Balaban J connectivity index is 2.34. The van der Waals surface area contributed by atoms with Crippen molar-refractivity contribution < 1.29 is 0 Å². The molecule has 0 saturated heterocycles. The molecule has 0 unspecified atom stereocenters. The van der Waals surface area contributed by atoms with Gasteiger partial charge in [0.25, 0.3) is 0 Å². The number of hydrogen-bond acceptors (Lipinski definition) is 4. The van der Waals surface area contributed by atoms with E-state index >= 15 is 0 Å². The summed E-state index contributed by atoms with van der Waals surface area (Å²) >= 11 is 15.7. The largest absolute Gasteiger partial charge is 0.354 e. The summed E-state index contributed by atoms with van der Waals surface area (Å²) < 4.78 is 0.888. The summed E-state index contributed by atoms with van der Waals surface area (Å²) in [6, 6.07) is 3.76. The molecular formula is C13H13BrCl2N4. The molecule has 2 N–H and O–H groups in total. The van der Waals surface area contributed by atoms with Crippen molar-refractivity contribution in [2.24, 2.45) is 0 Å². The molecule has 0 radical (unpaired) electrons. The molecule has 0 amide bonds. The van der Waals surface area contributed by atoms with E-state index in [9.17, 15) is 0 Å². The summed E-state index contributed by atoms with van der Waals surface area (Å²) in [6.45, 7) is 4.65. The summed E-state index contributed by atoms with van der Waals surface area (Å²) in [5.74, 6) is 1.05. The highest BCUT2D eigenvalue weighted by Gasteiger charge is 2.09. The van der Waals surface area contributed by atoms with Gasteiger partial charge in [0.2, 0.25) is 5.95 Å². The summed E-state index contributed by atoms with van der Waals surface area (Å²) in [5.41, 5.74) is 1.79. The molecule has 1 heterocycles. The third kappa shape index (κ3) is 3.53. The Hall–Kier alpha value is -1.04. The lowest BCUT2D eigenvalue weighted by molar-refractivity contribution is 1.09. The predicted octanol–water partition coefficient (Wildman–Crippen LogP) is 5.03. The maximum atomic E-state index is 6.13. The molecule has 2 aromatic rings. The number of rotatable bonds is 4. The topological polar surface area (TPSA) is 49.8 Å². The Morgan fingerprint density at radius 3 is 2.70 bits per heavy atom. The van der Waals surface area contributed by atoms with E-state index in [1.165, 1.54) is 0 Å². The Bertz CT molecular complexity index is 634. The van der Waals surface area contributed by atoms with E-state index in [1.54, 1.807) is 6.20 Å². The van der Waals surface area contributed by atoms with Gasteiger partial charge in [-0.15, -0.1) is 0 Å². The number of aromatic nitrogens is 2. The molecule has 2 rings (SSSR count). The molecule has 0 saturated carbocycles. The Morgan fingerprint density at radius 1 is 1.25 bits per heavy atom. The van der Waals surface area contributed by atoms with Crippen molar-refractivity contribution in [1.29, 1.82) is 0 Å². The zero-order chi connectivity index (χ0) is 14.7. The molecule has 7 heteroatoms. The van der Waals surface area contributed by atoms with Crippen molar-refractivity contribution in [2.45, 2.75) is 13.8 Å². The third-order valence-corrected chi connectivity index (χ3v) is 3.92.